The molecule has 5 rings (SSSR count). The summed E-state index contributed by atoms with van der Waals surface area (Å²) < 4.78 is 12.3. The quantitative estimate of drug-likeness (QED) is 0.135. The Kier molecular flexibility index (Phi) is 7.10. The SMILES string of the molecule is CCOC(=O)c1sc(N2C(=O)C(=O)C(=C(O)c3c(C)nc4ccccn34)C2c2cc(Br)c(O)c(OC)c2)nc1C. The van der Waals surface area contributed by atoms with Gasteiger partial charge in [-0.1, -0.05) is 17.4 Å². The summed E-state index contributed by atoms with van der Waals surface area (Å²) in [6.07, 6.45) is 1.69. The molecule has 1 aliphatic heterocycles. The van der Waals surface area contributed by atoms with Crippen molar-refractivity contribution in [1.29, 1.82) is 0 Å². The fourth-order valence-electron chi connectivity index (χ4n) is 4.65. The van der Waals surface area contributed by atoms with Gasteiger partial charge in [0.25, 0.3) is 5.78 Å². The van der Waals surface area contributed by atoms with Crippen molar-refractivity contribution in [2.24, 2.45) is 0 Å². The fourth-order valence-corrected chi connectivity index (χ4v) is 6.10. The summed E-state index contributed by atoms with van der Waals surface area (Å²) in [6, 6.07) is 7.07. The number of phenols is 1. The van der Waals surface area contributed by atoms with Crippen LogP contribution in [-0.2, 0) is 14.3 Å². The number of ether oxygens (including phenoxy) is 2. The number of Topliss-reactive ketones (excluding diaryl/α,β-unsaturated/α-hetero) is 1. The van der Waals surface area contributed by atoms with Gasteiger partial charge in [-0.05, 0) is 66.5 Å². The van der Waals surface area contributed by atoms with E-state index < -0.39 is 29.5 Å². The number of aromatic nitrogens is 3. The van der Waals surface area contributed by atoms with E-state index >= 15 is 0 Å². The van der Waals surface area contributed by atoms with Crippen LogP contribution in [0.25, 0.3) is 11.4 Å². The number of phenolic OH excluding ortho intramolecular Hbond substituents is 1. The summed E-state index contributed by atoms with van der Waals surface area (Å²) in [4.78, 5) is 50.0. The molecule has 0 bridgehead atoms. The van der Waals surface area contributed by atoms with Gasteiger partial charge in [0.05, 0.1) is 41.2 Å². The number of ketones is 1. The second-order valence-electron chi connectivity index (χ2n) is 8.83. The number of aliphatic hydroxyl groups is 1. The zero-order chi connectivity index (χ0) is 28.9. The van der Waals surface area contributed by atoms with Crippen molar-refractivity contribution in [2.45, 2.75) is 26.8 Å². The molecule has 0 spiro atoms. The number of aliphatic hydroxyl groups excluding tert-OH is 1. The van der Waals surface area contributed by atoms with E-state index in [4.69, 9.17) is 9.47 Å². The Morgan fingerprint density at radius 1 is 1.18 bits per heavy atom. The van der Waals surface area contributed by atoms with Gasteiger partial charge in [-0.15, -0.1) is 0 Å². The molecule has 1 aliphatic rings. The average Bonchev–Trinajstić information content (AvgIpc) is 3.55. The zero-order valence-corrected chi connectivity index (χ0v) is 24.2. The smallest absolute Gasteiger partial charge is 0.350 e. The first-order chi connectivity index (χ1) is 19.1. The highest BCUT2D eigenvalue weighted by Crippen LogP contribution is 2.47. The lowest BCUT2D eigenvalue weighted by atomic mass is 9.96. The van der Waals surface area contributed by atoms with Crippen LogP contribution >= 0.6 is 27.3 Å². The molecular formula is C27H23BrN4O7S. The van der Waals surface area contributed by atoms with Crippen molar-refractivity contribution in [3.8, 4) is 11.5 Å². The third-order valence-corrected chi connectivity index (χ3v) is 8.15. The van der Waals surface area contributed by atoms with Crippen LogP contribution in [0.4, 0.5) is 5.13 Å². The van der Waals surface area contributed by atoms with Crippen LogP contribution in [0.3, 0.4) is 0 Å². The Hall–Kier alpha value is -4.23. The third kappa shape index (κ3) is 4.31. The number of halogens is 1. The number of thiazole rings is 1. The van der Waals surface area contributed by atoms with Gasteiger partial charge in [0, 0.05) is 6.20 Å². The number of methoxy groups -OCH3 is 1. The van der Waals surface area contributed by atoms with Gasteiger partial charge in [0.15, 0.2) is 22.4 Å². The molecule has 1 fully saturated rings. The summed E-state index contributed by atoms with van der Waals surface area (Å²) >= 11 is 4.19. The topological polar surface area (TPSA) is 144 Å². The van der Waals surface area contributed by atoms with Crippen molar-refractivity contribution >= 4 is 61.5 Å². The highest BCUT2D eigenvalue weighted by Gasteiger charge is 2.49. The Morgan fingerprint density at radius 2 is 1.93 bits per heavy atom. The second kappa shape index (κ2) is 10.4. The number of rotatable bonds is 6. The minimum absolute atomic E-state index is 0.0599. The molecule has 4 aromatic rings. The first kappa shape index (κ1) is 27.3. The third-order valence-electron chi connectivity index (χ3n) is 6.41. The van der Waals surface area contributed by atoms with Crippen LogP contribution in [0.1, 0.15) is 45.3 Å². The lowest BCUT2D eigenvalue weighted by molar-refractivity contribution is -0.132. The molecule has 1 saturated heterocycles. The van der Waals surface area contributed by atoms with Crippen molar-refractivity contribution in [2.75, 3.05) is 18.6 Å². The maximum Gasteiger partial charge on any atom is 0.350 e. The Bertz CT molecular complexity index is 1740. The fraction of sp³-hybridized carbons (Fsp3) is 0.222. The van der Waals surface area contributed by atoms with E-state index in [1.165, 1.54) is 19.2 Å². The van der Waals surface area contributed by atoms with E-state index in [-0.39, 0.29) is 43.9 Å². The number of hydrogen-bond donors (Lipinski definition) is 2. The molecule has 0 saturated carbocycles. The molecule has 0 aliphatic carbocycles. The van der Waals surface area contributed by atoms with E-state index in [1.54, 1.807) is 49.6 Å². The van der Waals surface area contributed by atoms with E-state index in [1.807, 2.05) is 0 Å². The number of carbonyl (C=O) groups excluding carboxylic acids is 3. The standard InChI is InChI=1S/C27H23BrN4O7S/c1-5-39-26(37)24-13(3)30-27(40-24)32-20(14-10-15(28)21(33)16(11-14)38-4)18(23(35)25(32)36)22(34)19-12(2)29-17-8-6-7-9-31(17)19/h6-11,20,33-34H,5H2,1-4H3. The van der Waals surface area contributed by atoms with Gasteiger partial charge in [-0.2, -0.15) is 0 Å². The van der Waals surface area contributed by atoms with Crippen molar-refractivity contribution in [1.82, 2.24) is 14.4 Å². The highest BCUT2D eigenvalue weighted by molar-refractivity contribution is 9.10. The number of pyridine rings is 1. The number of carbonyl (C=O) groups is 3. The summed E-state index contributed by atoms with van der Waals surface area (Å²) in [6.45, 7) is 5.10. The molecule has 11 nitrogen and oxygen atoms in total. The molecule has 40 heavy (non-hydrogen) atoms. The predicted octanol–water partition coefficient (Wildman–Crippen LogP) is 4.69. The van der Waals surface area contributed by atoms with Gasteiger partial charge in [0.2, 0.25) is 0 Å². The number of imidazole rings is 1. The number of esters is 1. The van der Waals surface area contributed by atoms with Crippen LogP contribution in [0.2, 0.25) is 0 Å². The first-order valence-corrected chi connectivity index (χ1v) is 13.7. The lowest BCUT2D eigenvalue weighted by Crippen LogP contribution is -2.29. The maximum absolute atomic E-state index is 13.6. The van der Waals surface area contributed by atoms with Crippen molar-refractivity contribution in [3.05, 3.63) is 74.1 Å². The van der Waals surface area contributed by atoms with Gasteiger partial charge in [-0.25, -0.2) is 14.8 Å². The van der Waals surface area contributed by atoms with E-state index in [0.29, 0.717) is 22.6 Å². The largest absolute Gasteiger partial charge is 0.505 e. The number of anilines is 1. The van der Waals surface area contributed by atoms with Gasteiger partial charge in [-0.3, -0.25) is 18.9 Å². The molecule has 1 aromatic carbocycles. The van der Waals surface area contributed by atoms with Crippen LogP contribution < -0.4 is 9.64 Å². The van der Waals surface area contributed by atoms with E-state index in [9.17, 15) is 24.6 Å². The predicted molar refractivity (Wildman–Crippen MR) is 150 cm³/mol. The monoisotopic (exact) mass is 626 g/mol. The van der Waals surface area contributed by atoms with Crippen LogP contribution in [0, 0.1) is 13.8 Å². The molecule has 0 radical (unpaired) electrons. The lowest BCUT2D eigenvalue weighted by Gasteiger charge is -2.24. The average molecular weight is 627 g/mol. The van der Waals surface area contributed by atoms with Gasteiger partial charge < -0.3 is 19.7 Å². The second-order valence-corrected chi connectivity index (χ2v) is 10.7. The zero-order valence-electron chi connectivity index (χ0n) is 21.8. The summed E-state index contributed by atoms with van der Waals surface area (Å²) in [5.41, 5.74) is 1.65. The number of nitrogens with zero attached hydrogens (tertiary/aromatic N) is 4. The summed E-state index contributed by atoms with van der Waals surface area (Å²) in [5.74, 6) is -3.07. The molecule has 4 heterocycles. The normalized spacial score (nSPS) is 16.6. The number of amides is 1. The number of hydrogen-bond acceptors (Lipinski definition) is 10. The number of aryl methyl sites for hydroxylation is 2. The number of benzene rings is 1. The molecule has 1 unspecified atom stereocenters. The summed E-state index contributed by atoms with van der Waals surface area (Å²) in [5, 5.41) is 22.2. The molecule has 2 N–H and O–H groups in total. The van der Waals surface area contributed by atoms with Crippen LogP contribution in [0.5, 0.6) is 11.5 Å². The minimum atomic E-state index is -1.19. The molecule has 1 amide bonds. The highest BCUT2D eigenvalue weighted by atomic mass is 79.9. The number of aromatic hydroxyl groups is 1. The molecule has 1 atom stereocenters. The van der Waals surface area contributed by atoms with E-state index in [0.717, 1.165) is 16.2 Å². The van der Waals surface area contributed by atoms with Crippen LogP contribution in [-0.4, -0.2) is 56.0 Å². The molecule has 206 valence electrons. The van der Waals surface area contributed by atoms with E-state index in [2.05, 4.69) is 25.9 Å². The van der Waals surface area contributed by atoms with Crippen molar-refractivity contribution in [3.63, 3.8) is 0 Å². The first-order valence-electron chi connectivity index (χ1n) is 12.0. The molecular weight excluding hydrogens is 604 g/mol. The minimum Gasteiger partial charge on any atom is -0.505 e. The molecule has 3 aromatic heterocycles. The Morgan fingerprint density at radius 3 is 2.62 bits per heavy atom. The van der Waals surface area contributed by atoms with Gasteiger partial charge >= 0.3 is 11.9 Å². The molecule has 13 heteroatoms. The maximum atomic E-state index is 13.6. The van der Waals surface area contributed by atoms with Crippen molar-refractivity contribution < 1.29 is 34.1 Å². The number of fused-ring (bicyclic) bond motifs is 1. The Balaban J connectivity index is 1.79. The van der Waals surface area contributed by atoms with Crippen LogP contribution in [0.15, 0.2) is 46.6 Å². The Labute approximate surface area is 240 Å². The summed E-state index contributed by atoms with van der Waals surface area (Å²) in [7, 11) is 1.36. The van der Waals surface area contributed by atoms with Gasteiger partial charge in [0.1, 0.15) is 16.2 Å².